The number of hydrogen-bond donors (Lipinski definition) is 3. The fourth-order valence-corrected chi connectivity index (χ4v) is 4.24. The molecule has 36 heavy (non-hydrogen) atoms. The Kier molecular flexibility index (Phi) is 6.17. The Hall–Kier alpha value is -4.21. The van der Waals surface area contributed by atoms with Gasteiger partial charge in [-0.2, -0.15) is 5.10 Å². The zero-order chi connectivity index (χ0) is 25.3. The van der Waals surface area contributed by atoms with Crippen LogP contribution in [0, 0.1) is 5.82 Å². The van der Waals surface area contributed by atoms with Crippen molar-refractivity contribution < 1.29 is 18.7 Å². The molecule has 1 aromatic carbocycles. The smallest absolute Gasteiger partial charge is 0.314 e. The number of aromatic amines is 1. The Morgan fingerprint density at radius 2 is 1.94 bits per heavy atom. The van der Waals surface area contributed by atoms with E-state index in [1.165, 1.54) is 31.6 Å². The lowest BCUT2D eigenvalue weighted by Gasteiger charge is -2.11. The van der Waals surface area contributed by atoms with Crippen LogP contribution in [0.15, 0.2) is 55.1 Å². The molecule has 10 heteroatoms. The lowest BCUT2D eigenvalue weighted by molar-refractivity contribution is -0.140. The normalized spacial score (nSPS) is 14.9. The molecule has 0 aliphatic heterocycles. The molecule has 0 amide bonds. The van der Waals surface area contributed by atoms with E-state index in [1.54, 1.807) is 30.5 Å². The van der Waals surface area contributed by atoms with Gasteiger partial charge in [-0.05, 0) is 37.0 Å². The molecule has 1 saturated carbocycles. The average molecular weight is 491 g/mol. The van der Waals surface area contributed by atoms with Gasteiger partial charge in [0, 0.05) is 29.9 Å². The number of anilines is 1. The van der Waals surface area contributed by atoms with Crippen LogP contribution in [-0.2, 0) is 23.2 Å². The molecule has 1 atom stereocenters. The molecule has 0 spiro atoms. The van der Waals surface area contributed by atoms with Gasteiger partial charge in [0.1, 0.15) is 23.5 Å². The first-order valence-corrected chi connectivity index (χ1v) is 11.6. The molecule has 0 saturated heterocycles. The van der Waals surface area contributed by atoms with Gasteiger partial charge in [-0.1, -0.05) is 24.3 Å². The highest BCUT2D eigenvalue weighted by molar-refractivity contribution is 5.85. The van der Waals surface area contributed by atoms with Crippen LogP contribution < -0.4 is 5.32 Å². The number of benzene rings is 1. The monoisotopic (exact) mass is 490 g/mol. The fraction of sp³-hybridized carbons (Fsp3) is 0.269. The number of nitrogens with one attached hydrogen (secondary N) is 2. The van der Waals surface area contributed by atoms with Crippen LogP contribution in [0.5, 0.6) is 0 Å². The van der Waals surface area contributed by atoms with Crippen molar-refractivity contribution >= 4 is 11.8 Å². The molecule has 3 N–H and O–H groups in total. The minimum atomic E-state index is -1.02. The Morgan fingerprint density at radius 3 is 2.61 bits per heavy atom. The summed E-state index contributed by atoms with van der Waals surface area (Å²) in [6.45, 7) is 1.72. The molecule has 3 heterocycles. The Balaban J connectivity index is 1.32. The Morgan fingerprint density at radius 1 is 1.17 bits per heavy atom. The van der Waals surface area contributed by atoms with Crippen LogP contribution in [0.2, 0.25) is 0 Å². The largest absolute Gasteiger partial charge is 0.481 e. The summed E-state index contributed by atoms with van der Waals surface area (Å²) in [6, 6.07) is 8.56. The van der Waals surface area contributed by atoms with Gasteiger partial charge in [0.05, 0.1) is 35.7 Å². The number of pyridine rings is 1. The van der Waals surface area contributed by atoms with Crippen LogP contribution >= 0.6 is 0 Å². The summed E-state index contributed by atoms with van der Waals surface area (Å²) < 4.78 is 28.4. The third kappa shape index (κ3) is 4.66. The van der Waals surface area contributed by atoms with Crippen molar-refractivity contribution in [2.45, 2.75) is 44.3 Å². The standard InChI is InChI=1S/C26H24F2N6O2/c1-15(27)8-19-11-29-14-23(33-19)30-13-22-20(12-32-34-22)24-21(28)9-17(10-31-24)16-2-4-18(5-3-16)26(6-7-26)25(35)36/h2-5,9-12,14-15H,6-8,13H2,1H3,(H,30,33)(H,32,34)(H,35,36)/t15-/m1/s1. The number of carbonyl (C=O) groups is 1. The summed E-state index contributed by atoms with van der Waals surface area (Å²) in [5, 5.41) is 19.5. The number of aromatic nitrogens is 5. The minimum Gasteiger partial charge on any atom is -0.481 e. The second kappa shape index (κ2) is 9.44. The van der Waals surface area contributed by atoms with Crippen LogP contribution in [0.1, 0.15) is 36.7 Å². The summed E-state index contributed by atoms with van der Waals surface area (Å²) in [5.74, 6) is -0.856. The average Bonchev–Trinajstić information content (AvgIpc) is 3.55. The molecule has 4 aromatic rings. The molecule has 5 rings (SSSR count). The van der Waals surface area contributed by atoms with Crippen molar-refractivity contribution in [3.8, 4) is 22.4 Å². The summed E-state index contributed by atoms with van der Waals surface area (Å²) in [7, 11) is 0. The third-order valence-electron chi connectivity index (χ3n) is 6.37. The molecule has 1 aliphatic rings. The van der Waals surface area contributed by atoms with Crippen LogP contribution in [0.25, 0.3) is 22.4 Å². The Bertz CT molecular complexity index is 1400. The first-order valence-electron chi connectivity index (χ1n) is 11.6. The number of carboxylic acid groups (broad SMARTS) is 1. The minimum absolute atomic E-state index is 0.148. The number of alkyl halides is 1. The van der Waals surface area contributed by atoms with E-state index in [9.17, 15) is 14.3 Å². The van der Waals surface area contributed by atoms with E-state index in [4.69, 9.17) is 0 Å². The second-order valence-electron chi connectivity index (χ2n) is 9.02. The maximum absolute atomic E-state index is 15.1. The van der Waals surface area contributed by atoms with Gasteiger partial charge in [-0.25, -0.2) is 13.8 Å². The predicted molar refractivity (Wildman–Crippen MR) is 129 cm³/mol. The number of hydrogen-bond acceptors (Lipinski definition) is 6. The fourth-order valence-electron chi connectivity index (χ4n) is 4.24. The van der Waals surface area contributed by atoms with E-state index in [-0.39, 0.29) is 18.7 Å². The molecule has 3 aromatic heterocycles. The van der Waals surface area contributed by atoms with E-state index in [0.29, 0.717) is 41.2 Å². The number of halogens is 2. The van der Waals surface area contributed by atoms with Crippen molar-refractivity contribution in [1.29, 1.82) is 0 Å². The van der Waals surface area contributed by atoms with Gasteiger partial charge >= 0.3 is 5.97 Å². The van der Waals surface area contributed by atoms with Gasteiger partial charge in [0.15, 0.2) is 0 Å². The van der Waals surface area contributed by atoms with Crippen LogP contribution in [0.3, 0.4) is 0 Å². The van der Waals surface area contributed by atoms with Crippen molar-refractivity contribution in [3.63, 3.8) is 0 Å². The molecule has 8 nitrogen and oxygen atoms in total. The van der Waals surface area contributed by atoms with Crippen molar-refractivity contribution in [1.82, 2.24) is 25.1 Å². The molecule has 0 unspecified atom stereocenters. The summed E-state index contributed by atoms with van der Waals surface area (Å²) in [4.78, 5) is 24.3. The number of nitrogens with zero attached hydrogens (tertiary/aromatic N) is 4. The number of aliphatic carboxylic acids is 1. The van der Waals surface area contributed by atoms with E-state index in [2.05, 4.69) is 30.5 Å². The van der Waals surface area contributed by atoms with Crippen molar-refractivity contribution in [3.05, 3.63) is 77.9 Å². The third-order valence-corrected chi connectivity index (χ3v) is 6.37. The highest BCUT2D eigenvalue weighted by Gasteiger charge is 2.51. The van der Waals surface area contributed by atoms with Gasteiger partial charge < -0.3 is 10.4 Å². The summed E-state index contributed by atoms with van der Waals surface area (Å²) in [5.41, 5.74) is 3.09. The first kappa shape index (κ1) is 23.5. The number of rotatable bonds is 9. The van der Waals surface area contributed by atoms with Gasteiger partial charge in [0.2, 0.25) is 0 Å². The highest BCUT2D eigenvalue weighted by atomic mass is 19.1. The first-order chi connectivity index (χ1) is 17.4. The lowest BCUT2D eigenvalue weighted by atomic mass is 9.94. The Labute approximate surface area is 205 Å². The van der Waals surface area contributed by atoms with E-state index >= 15 is 4.39 Å². The molecular formula is C26H24F2N6O2. The van der Waals surface area contributed by atoms with Gasteiger partial charge in [-0.3, -0.25) is 19.9 Å². The topological polar surface area (TPSA) is 117 Å². The zero-order valence-electron chi connectivity index (χ0n) is 19.5. The molecule has 1 fully saturated rings. The van der Waals surface area contributed by atoms with Crippen molar-refractivity contribution in [2.24, 2.45) is 0 Å². The maximum atomic E-state index is 15.1. The van der Waals surface area contributed by atoms with E-state index in [1.807, 2.05) is 0 Å². The van der Waals surface area contributed by atoms with Gasteiger partial charge in [0.25, 0.3) is 0 Å². The summed E-state index contributed by atoms with van der Waals surface area (Å²) >= 11 is 0. The van der Waals surface area contributed by atoms with Crippen LogP contribution in [0.4, 0.5) is 14.6 Å². The summed E-state index contributed by atoms with van der Waals surface area (Å²) in [6.07, 6.45) is 6.54. The van der Waals surface area contributed by atoms with Crippen molar-refractivity contribution in [2.75, 3.05) is 5.32 Å². The molecule has 1 aliphatic carbocycles. The zero-order valence-corrected chi connectivity index (χ0v) is 19.5. The molecule has 0 radical (unpaired) electrons. The quantitative estimate of drug-likeness (QED) is 0.311. The van der Waals surface area contributed by atoms with Crippen LogP contribution in [-0.4, -0.2) is 42.4 Å². The van der Waals surface area contributed by atoms with Gasteiger partial charge in [-0.15, -0.1) is 0 Å². The highest BCUT2D eigenvalue weighted by Crippen LogP contribution is 2.48. The molecule has 184 valence electrons. The lowest BCUT2D eigenvalue weighted by Crippen LogP contribution is -2.19. The van der Waals surface area contributed by atoms with E-state index < -0.39 is 23.4 Å². The maximum Gasteiger partial charge on any atom is 0.314 e. The number of carboxylic acids is 1. The molecule has 0 bridgehead atoms. The number of H-pyrrole nitrogens is 1. The second-order valence-corrected chi connectivity index (χ2v) is 9.02. The molecular weight excluding hydrogens is 466 g/mol. The van der Waals surface area contributed by atoms with E-state index in [0.717, 1.165) is 11.1 Å². The predicted octanol–water partition coefficient (Wildman–Crippen LogP) is 4.70. The SMILES string of the molecule is C[C@@H](F)Cc1cncc(NCc2[nH]ncc2-c2ncc(-c3ccc(C4(C(=O)O)CC4)cc3)cc2F)n1.